The van der Waals surface area contributed by atoms with Crippen LogP contribution in [0.1, 0.15) is 35.6 Å². The lowest BCUT2D eigenvalue weighted by molar-refractivity contribution is -0.146. The van der Waals surface area contributed by atoms with E-state index in [1.807, 2.05) is 0 Å². The van der Waals surface area contributed by atoms with Gasteiger partial charge < -0.3 is 10.5 Å². The molecule has 0 fully saturated rings. The van der Waals surface area contributed by atoms with E-state index in [4.69, 9.17) is 16.9 Å². The SMILES string of the molecule is C#CCOC(=O)C(CC)n1nnc(C(N)=O)c1C. The summed E-state index contributed by atoms with van der Waals surface area (Å²) in [6.07, 6.45) is 5.44. The molecule has 1 atom stereocenters. The fraction of sp³-hybridized carbons (Fsp3) is 0.455. The molecule has 2 N–H and O–H groups in total. The van der Waals surface area contributed by atoms with Gasteiger partial charge in [0.15, 0.2) is 18.3 Å². The average Bonchev–Trinajstić information content (AvgIpc) is 2.70. The molecular formula is C11H14N4O3. The molecule has 0 aromatic carbocycles. The zero-order valence-electron chi connectivity index (χ0n) is 10.2. The third kappa shape index (κ3) is 2.66. The van der Waals surface area contributed by atoms with Crippen LogP contribution < -0.4 is 5.73 Å². The molecule has 1 heterocycles. The van der Waals surface area contributed by atoms with Gasteiger partial charge in [-0.2, -0.15) is 0 Å². The van der Waals surface area contributed by atoms with Crippen molar-refractivity contribution in [2.75, 3.05) is 6.61 Å². The van der Waals surface area contributed by atoms with Crippen molar-refractivity contribution in [3.05, 3.63) is 11.4 Å². The van der Waals surface area contributed by atoms with Crippen molar-refractivity contribution in [1.29, 1.82) is 0 Å². The van der Waals surface area contributed by atoms with Gasteiger partial charge in [-0.1, -0.05) is 18.1 Å². The highest BCUT2D eigenvalue weighted by Gasteiger charge is 2.25. The number of nitrogens with zero attached hydrogens (tertiary/aromatic N) is 3. The second-order valence-electron chi connectivity index (χ2n) is 3.57. The molecule has 1 rings (SSSR count). The van der Waals surface area contributed by atoms with Crippen LogP contribution in [0.2, 0.25) is 0 Å². The minimum absolute atomic E-state index is 0.0400. The fourth-order valence-electron chi connectivity index (χ4n) is 1.51. The summed E-state index contributed by atoms with van der Waals surface area (Å²) in [7, 11) is 0. The standard InChI is InChI=1S/C11H14N4O3/c1-4-6-18-11(17)8(5-2)15-7(3)9(10(12)16)13-14-15/h1,8H,5-6H2,2-3H3,(H2,12,16). The molecule has 0 radical (unpaired) electrons. The number of ether oxygens (including phenoxy) is 1. The molecule has 0 aliphatic rings. The molecule has 0 saturated carbocycles. The maximum Gasteiger partial charge on any atom is 0.331 e. The molecule has 7 heteroatoms. The first-order valence-electron chi connectivity index (χ1n) is 5.34. The van der Waals surface area contributed by atoms with Gasteiger partial charge in [0.2, 0.25) is 0 Å². The van der Waals surface area contributed by atoms with E-state index >= 15 is 0 Å². The Bertz CT molecular complexity index is 501. The predicted octanol–water partition coefficient (Wildman–Crippen LogP) is -0.187. The summed E-state index contributed by atoms with van der Waals surface area (Å²) in [5.41, 5.74) is 5.59. The number of amides is 1. The van der Waals surface area contributed by atoms with Crippen LogP contribution in [0.5, 0.6) is 0 Å². The molecule has 0 bridgehead atoms. The highest BCUT2D eigenvalue weighted by atomic mass is 16.5. The molecule has 1 aromatic rings. The molecule has 7 nitrogen and oxygen atoms in total. The zero-order chi connectivity index (χ0) is 13.7. The molecule has 0 spiro atoms. The van der Waals surface area contributed by atoms with Gasteiger partial charge in [0.05, 0.1) is 5.69 Å². The third-order valence-corrected chi connectivity index (χ3v) is 2.41. The number of rotatable bonds is 5. The van der Waals surface area contributed by atoms with E-state index in [-0.39, 0.29) is 12.3 Å². The minimum Gasteiger partial charge on any atom is -0.451 e. The summed E-state index contributed by atoms with van der Waals surface area (Å²) in [6.45, 7) is 3.29. The Morgan fingerprint density at radius 3 is 2.72 bits per heavy atom. The average molecular weight is 250 g/mol. The second kappa shape index (κ2) is 5.82. The number of hydrogen-bond donors (Lipinski definition) is 1. The highest BCUT2D eigenvalue weighted by Crippen LogP contribution is 2.16. The maximum absolute atomic E-state index is 11.7. The molecule has 0 aliphatic carbocycles. The minimum atomic E-state index is -0.689. The number of terminal acetylenes is 1. The van der Waals surface area contributed by atoms with E-state index in [9.17, 15) is 9.59 Å². The first-order valence-corrected chi connectivity index (χ1v) is 5.34. The third-order valence-electron chi connectivity index (χ3n) is 2.41. The summed E-state index contributed by atoms with van der Waals surface area (Å²) in [4.78, 5) is 22.8. The normalized spacial score (nSPS) is 11.6. The fourth-order valence-corrected chi connectivity index (χ4v) is 1.51. The topological polar surface area (TPSA) is 100 Å². The Hall–Kier alpha value is -2.36. The van der Waals surface area contributed by atoms with E-state index in [0.717, 1.165) is 0 Å². The summed E-state index contributed by atoms with van der Waals surface area (Å²) in [5, 5.41) is 7.39. The Labute approximate surface area is 104 Å². The number of nitrogens with two attached hydrogens (primary N) is 1. The summed E-state index contributed by atoms with van der Waals surface area (Å²) in [5.74, 6) is 1.00. The monoisotopic (exact) mass is 250 g/mol. The Kier molecular flexibility index (Phi) is 4.43. The molecule has 0 aliphatic heterocycles. The number of primary amides is 1. The lowest BCUT2D eigenvalue weighted by Gasteiger charge is -2.14. The molecule has 1 unspecified atom stereocenters. The number of carbonyl (C=O) groups excluding carboxylic acids is 2. The van der Waals surface area contributed by atoms with Gasteiger partial charge in [0.25, 0.3) is 5.91 Å². The van der Waals surface area contributed by atoms with Crippen molar-refractivity contribution in [3.63, 3.8) is 0 Å². The van der Waals surface area contributed by atoms with Crippen LogP contribution >= 0.6 is 0 Å². The van der Waals surface area contributed by atoms with Crippen molar-refractivity contribution in [2.24, 2.45) is 5.73 Å². The van der Waals surface area contributed by atoms with Crippen LogP contribution in [0.15, 0.2) is 0 Å². The molecule has 1 amide bonds. The Balaban J connectivity index is 2.99. The predicted molar refractivity (Wildman–Crippen MR) is 62.4 cm³/mol. The number of carbonyl (C=O) groups is 2. The van der Waals surface area contributed by atoms with E-state index in [0.29, 0.717) is 12.1 Å². The van der Waals surface area contributed by atoms with Crippen LogP contribution in [0, 0.1) is 19.3 Å². The van der Waals surface area contributed by atoms with Gasteiger partial charge in [-0.25, -0.2) is 9.48 Å². The van der Waals surface area contributed by atoms with Gasteiger partial charge >= 0.3 is 5.97 Å². The second-order valence-corrected chi connectivity index (χ2v) is 3.57. The summed E-state index contributed by atoms with van der Waals surface area (Å²) >= 11 is 0. The lowest BCUT2D eigenvalue weighted by atomic mass is 10.2. The Morgan fingerprint density at radius 1 is 1.61 bits per heavy atom. The lowest BCUT2D eigenvalue weighted by Crippen LogP contribution is -2.24. The molecule has 1 aromatic heterocycles. The quantitative estimate of drug-likeness (QED) is 0.576. The highest BCUT2D eigenvalue weighted by molar-refractivity contribution is 5.91. The van der Waals surface area contributed by atoms with Gasteiger partial charge in [-0.15, -0.1) is 11.5 Å². The molecule has 96 valence electrons. The van der Waals surface area contributed by atoms with Crippen LogP contribution in [0.4, 0.5) is 0 Å². The zero-order valence-corrected chi connectivity index (χ0v) is 10.2. The number of esters is 1. The van der Waals surface area contributed by atoms with Crippen molar-refractivity contribution in [2.45, 2.75) is 26.3 Å². The first kappa shape index (κ1) is 13.7. The molecular weight excluding hydrogens is 236 g/mol. The van der Waals surface area contributed by atoms with Crippen molar-refractivity contribution in [1.82, 2.24) is 15.0 Å². The van der Waals surface area contributed by atoms with E-state index in [1.165, 1.54) is 4.68 Å². The summed E-state index contributed by atoms with van der Waals surface area (Å²) in [6, 6.07) is -0.668. The van der Waals surface area contributed by atoms with Gasteiger partial charge in [0.1, 0.15) is 0 Å². The summed E-state index contributed by atoms with van der Waals surface area (Å²) < 4.78 is 6.16. The van der Waals surface area contributed by atoms with Crippen LogP contribution in [0.3, 0.4) is 0 Å². The van der Waals surface area contributed by atoms with Gasteiger partial charge in [0, 0.05) is 0 Å². The van der Waals surface area contributed by atoms with E-state index < -0.39 is 17.9 Å². The Morgan fingerprint density at radius 2 is 2.28 bits per heavy atom. The number of aromatic nitrogens is 3. The van der Waals surface area contributed by atoms with Crippen molar-refractivity contribution in [3.8, 4) is 12.3 Å². The van der Waals surface area contributed by atoms with Gasteiger partial charge in [-0.05, 0) is 13.3 Å². The van der Waals surface area contributed by atoms with E-state index in [2.05, 4.69) is 16.2 Å². The van der Waals surface area contributed by atoms with Crippen molar-refractivity contribution >= 4 is 11.9 Å². The van der Waals surface area contributed by atoms with Crippen LogP contribution in [0.25, 0.3) is 0 Å². The maximum atomic E-state index is 11.7. The smallest absolute Gasteiger partial charge is 0.331 e. The first-order chi connectivity index (χ1) is 8.52. The van der Waals surface area contributed by atoms with Gasteiger partial charge in [-0.3, -0.25) is 4.79 Å². The van der Waals surface area contributed by atoms with Crippen LogP contribution in [-0.4, -0.2) is 33.5 Å². The number of hydrogen-bond acceptors (Lipinski definition) is 5. The largest absolute Gasteiger partial charge is 0.451 e. The van der Waals surface area contributed by atoms with E-state index in [1.54, 1.807) is 13.8 Å². The van der Waals surface area contributed by atoms with Crippen LogP contribution in [-0.2, 0) is 9.53 Å². The molecule has 0 saturated heterocycles. The van der Waals surface area contributed by atoms with Crippen molar-refractivity contribution < 1.29 is 14.3 Å². The molecule has 18 heavy (non-hydrogen) atoms.